The first-order valence-electron chi connectivity index (χ1n) is 9.88. The molecule has 0 radical (unpaired) electrons. The number of rotatable bonds is 7. The Morgan fingerprint density at radius 1 is 0.929 bits per heavy atom. The van der Waals surface area contributed by atoms with E-state index in [0.717, 1.165) is 17.7 Å². The molecule has 2 rings (SSSR count). The van der Waals surface area contributed by atoms with E-state index in [1.165, 1.54) is 5.56 Å². The zero-order valence-corrected chi connectivity index (χ0v) is 17.6. The zero-order valence-electron chi connectivity index (χ0n) is 17.6. The van der Waals surface area contributed by atoms with Crippen molar-refractivity contribution in [1.82, 2.24) is 5.32 Å². The highest BCUT2D eigenvalue weighted by Crippen LogP contribution is 2.21. The van der Waals surface area contributed by atoms with E-state index in [2.05, 4.69) is 22.8 Å². The van der Waals surface area contributed by atoms with Crippen LogP contribution in [0.5, 0.6) is 0 Å². The van der Waals surface area contributed by atoms with Gasteiger partial charge in [0.05, 0.1) is 0 Å². The lowest BCUT2D eigenvalue weighted by Crippen LogP contribution is -2.47. The molecule has 1 unspecified atom stereocenters. The van der Waals surface area contributed by atoms with Crippen molar-refractivity contribution in [2.45, 2.75) is 53.5 Å². The van der Waals surface area contributed by atoms with E-state index in [9.17, 15) is 9.59 Å². The van der Waals surface area contributed by atoms with Crippen LogP contribution in [0.15, 0.2) is 54.6 Å². The topological polar surface area (TPSA) is 58.2 Å². The number of para-hydroxylation sites is 1. The van der Waals surface area contributed by atoms with Crippen molar-refractivity contribution >= 4 is 17.5 Å². The van der Waals surface area contributed by atoms with Gasteiger partial charge in [0.2, 0.25) is 11.8 Å². The monoisotopic (exact) mass is 380 g/mol. The summed E-state index contributed by atoms with van der Waals surface area (Å²) < 4.78 is 0. The molecule has 0 fully saturated rings. The fourth-order valence-corrected chi connectivity index (χ4v) is 3.06. The maximum Gasteiger partial charge on any atom is 0.247 e. The second-order valence-corrected chi connectivity index (χ2v) is 8.84. The third-order valence-electron chi connectivity index (χ3n) is 4.47. The molecule has 4 heteroatoms. The summed E-state index contributed by atoms with van der Waals surface area (Å²) in [5, 5.41) is 5.94. The fraction of sp³-hybridized carbons (Fsp3) is 0.417. The molecule has 0 heterocycles. The van der Waals surface area contributed by atoms with Gasteiger partial charge in [0.15, 0.2) is 0 Å². The van der Waals surface area contributed by atoms with Gasteiger partial charge in [-0.15, -0.1) is 0 Å². The van der Waals surface area contributed by atoms with Crippen LogP contribution in [-0.2, 0) is 16.0 Å². The van der Waals surface area contributed by atoms with E-state index in [-0.39, 0.29) is 23.1 Å². The predicted octanol–water partition coefficient (Wildman–Crippen LogP) is 4.79. The Labute approximate surface area is 168 Å². The predicted molar refractivity (Wildman–Crippen MR) is 115 cm³/mol. The number of carbonyl (C=O) groups excluding carboxylic acids is 2. The second kappa shape index (κ2) is 9.54. The Kier molecular flexibility index (Phi) is 7.38. The van der Waals surface area contributed by atoms with Crippen LogP contribution in [0.4, 0.5) is 5.69 Å². The number of nitrogens with one attached hydrogen (secondary N) is 2. The van der Waals surface area contributed by atoms with Crippen LogP contribution >= 0.6 is 0 Å². The van der Waals surface area contributed by atoms with Gasteiger partial charge in [-0.05, 0) is 34.9 Å². The summed E-state index contributed by atoms with van der Waals surface area (Å²) in [5.41, 5.74) is 2.89. The Morgan fingerprint density at radius 3 is 2.14 bits per heavy atom. The molecule has 0 aliphatic heterocycles. The molecule has 4 nitrogen and oxygen atoms in total. The minimum absolute atomic E-state index is 0.00907. The number of anilines is 1. The molecule has 2 aromatic carbocycles. The quantitative estimate of drug-likeness (QED) is 0.725. The largest absolute Gasteiger partial charge is 0.344 e. The summed E-state index contributed by atoms with van der Waals surface area (Å²) in [7, 11) is 0. The first-order chi connectivity index (χ1) is 13.2. The average molecular weight is 381 g/mol. The van der Waals surface area contributed by atoms with Gasteiger partial charge in [0.1, 0.15) is 6.04 Å². The Bertz CT molecular complexity index is 792. The molecule has 2 aromatic rings. The standard InChI is InChI=1S/C24H32N2O2/c1-17(2)22(26-21(27)16-24(3,4)5)23(28)25-20-14-10-9-13-19(20)15-18-11-7-6-8-12-18/h6-14,17,22H,15-16H2,1-5H3,(H,25,28)(H,26,27). The lowest BCUT2D eigenvalue weighted by molar-refractivity contribution is -0.128. The molecule has 0 aliphatic carbocycles. The summed E-state index contributed by atoms with van der Waals surface area (Å²) in [6, 6.07) is 17.4. The van der Waals surface area contributed by atoms with Gasteiger partial charge < -0.3 is 10.6 Å². The molecular weight excluding hydrogens is 348 g/mol. The molecule has 0 saturated carbocycles. The first-order valence-corrected chi connectivity index (χ1v) is 9.88. The van der Waals surface area contributed by atoms with Crippen molar-refractivity contribution in [3.63, 3.8) is 0 Å². The lowest BCUT2D eigenvalue weighted by Gasteiger charge is -2.25. The molecule has 0 aliphatic rings. The molecular formula is C24H32N2O2. The third kappa shape index (κ3) is 6.84. The summed E-state index contributed by atoms with van der Waals surface area (Å²) in [6.07, 6.45) is 1.12. The van der Waals surface area contributed by atoms with Crippen LogP contribution in [0.1, 0.15) is 52.2 Å². The zero-order chi connectivity index (χ0) is 20.7. The van der Waals surface area contributed by atoms with Crippen molar-refractivity contribution in [3.05, 3.63) is 65.7 Å². The van der Waals surface area contributed by atoms with Gasteiger partial charge in [-0.25, -0.2) is 0 Å². The van der Waals surface area contributed by atoms with Gasteiger partial charge in [-0.2, -0.15) is 0 Å². The van der Waals surface area contributed by atoms with Crippen LogP contribution in [0.25, 0.3) is 0 Å². The smallest absolute Gasteiger partial charge is 0.247 e. The van der Waals surface area contributed by atoms with Crippen LogP contribution in [0.2, 0.25) is 0 Å². The van der Waals surface area contributed by atoms with Crippen LogP contribution in [0, 0.1) is 11.3 Å². The lowest BCUT2D eigenvalue weighted by atomic mass is 9.91. The molecule has 2 N–H and O–H groups in total. The minimum atomic E-state index is -0.570. The number of hydrogen-bond donors (Lipinski definition) is 2. The summed E-state index contributed by atoms with van der Waals surface area (Å²) in [6.45, 7) is 9.92. The highest BCUT2D eigenvalue weighted by Gasteiger charge is 2.26. The maximum absolute atomic E-state index is 12.9. The van der Waals surface area contributed by atoms with Crippen molar-refractivity contribution in [2.75, 3.05) is 5.32 Å². The van der Waals surface area contributed by atoms with E-state index >= 15 is 0 Å². The average Bonchev–Trinajstić information content (AvgIpc) is 2.60. The van der Waals surface area contributed by atoms with Gasteiger partial charge >= 0.3 is 0 Å². The highest BCUT2D eigenvalue weighted by atomic mass is 16.2. The number of carbonyl (C=O) groups is 2. The normalized spacial score (nSPS) is 12.5. The van der Waals surface area contributed by atoms with E-state index in [1.54, 1.807) is 0 Å². The number of hydrogen-bond acceptors (Lipinski definition) is 2. The van der Waals surface area contributed by atoms with Crippen LogP contribution < -0.4 is 10.6 Å². The highest BCUT2D eigenvalue weighted by molar-refractivity contribution is 5.98. The maximum atomic E-state index is 12.9. The fourth-order valence-electron chi connectivity index (χ4n) is 3.06. The molecule has 0 bridgehead atoms. The van der Waals surface area contributed by atoms with Crippen molar-refractivity contribution in [1.29, 1.82) is 0 Å². The summed E-state index contributed by atoms with van der Waals surface area (Å²) in [4.78, 5) is 25.3. The van der Waals surface area contributed by atoms with Crippen molar-refractivity contribution in [3.8, 4) is 0 Å². The SMILES string of the molecule is CC(C)C(NC(=O)CC(C)(C)C)C(=O)Nc1ccccc1Cc1ccccc1. The molecule has 0 spiro atoms. The molecule has 150 valence electrons. The van der Waals surface area contributed by atoms with Crippen molar-refractivity contribution in [2.24, 2.45) is 11.3 Å². The molecule has 0 saturated heterocycles. The van der Waals surface area contributed by atoms with Crippen LogP contribution in [-0.4, -0.2) is 17.9 Å². The van der Waals surface area contributed by atoms with E-state index in [0.29, 0.717) is 6.42 Å². The summed E-state index contributed by atoms with van der Waals surface area (Å²) >= 11 is 0. The minimum Gasteiger partial charge on any atom is -0.344 e. The van der Waals surface area contributed by atoms with Crippen LogP contribution in [0.3, 0.4) is 0 Å². The Balaban J connectivity index is 2.12. The van der Waals surface area contributed by atoms with Crippen molar-refractivity contribution < 1.29 is 9.59 Å². The second-order valence-electron chi connectivity index (χ2n) is 8.84. The molecule has 0 aromatic heterocycles. The van der Waals surface area contributed by atoms with E-state index in [1.807, 2.05) is 77.1 Å². The Morgan fingerprint density at radius 2 is 1.54 bits per heavy atom. The van der Waals surface area contributed by atoms with Gasteiger partial charge in [0.25, 0.3) is 0 Å². The number of amides is 2. The molecule has 2 amide bonds. The van der Waals surface area contributed by atoms with E-state index in [4.69, 9.17) is 0 Å². The van der Waals surface area contributed by atoms with Gasteiger partial charge in [-0.3, -0.25) is 9.59 Å². The van der Waals surface area contributed by atoms with E-state index < -0.39 is 6.04 Å². The molecule has 1 atom stereocenters. The Hall–Kier alpha value is -2.62. The first kappa shape index (κ1) is 21.7. The summed E-state index contributed by atoms with van der Waals surface area (Å²) in [5.74, 6) is -0.290. The molecule has 28 heavy (non-hydrogen) atoms. The number of benzene rings is 2. The van der Waals surface area contributed by atoms with Gasteiger partial charge in [0, 0.05) is 12.1 Å². The van der Waals surface area contributed by atoms with Gasteiger partial charge in [-0.1, -0.05) is 83.1 Å². The third-order valence-corrected chi connectivity index (χ3v) is 4.47.